The lowest BCUT2D eigenvalue weighted by Crippen LogP contribution is -2.39. The largest absolute Gasteiger partial charge is 0.393 e. The van der Waals surface area contributed by atoms with E-state index < -0.39 is 0 Å². The first-order valence-electron chi connectivity index (χ1n) is 6.12. The molecule has 78 valence electrons. The molecule has 0 heterocycles. The third kappa shape index (κ3) is 0.737. The Morgan fingerprint density at radius 3 is 1.50 bits per heavy atom. The second kappa shape index (κ2) is 2.35. The summed E-state index contributed by atoms with van der Waals surface area (Å²) in [6.45, 7) is 0. The Bertz CT molecular complexity index is 249. The van der Waals surface area contributed by atoms with Crippen LogP contribution in [0.3, 0.4) is 0 Å². The van der Waals surface area contributed by atoms with Crippen LogP contribution in [0.15, 0.2) is 0 Å². The van der Waals surface area contributed by atoms with Crippen LogP contribution in [-0.2, 0) is 0 Å². The molecule has 0 radical (unpaired) electrons. The smallest absolute Gasteiger partial charge is 0.0574 e. The molecule has 8 unspecified atom stereocenters. The second-order valence-electron chi connectivity index (χ2n) is 6.08. The quantitative estimate of drug-likeness (QED) is 0.565. The molecule has 8 atom stereocenters. The van der Waals surface area contributed by atoms with E-state index in [0.717, 1.165) is 36.5 Å². The molecule has 0 saturated heterocycles. The van der Waals surface area contributed by atoms with Crippen molar-refractivity contribution in [2.45, 2.75) is 37.9 Å². The summed E-state index contributed by atoms with van der Waals surface area (Å²) in [5.74, 6) is 4.30. The predicted molar refractivity (Wildman–Crippen MR) is 51.4 cm³/mol. The molecule has 4 aliphatic rings. The maximum atomic E-state index is 9.90. The third-order valence-corrected chi connectivity index (χ3v) is 5.75. The summed E-state index contributed by atoms with van der Waals surface area (Å²) >= 11 is 0. The number of aliphatic hydroxyl groups excluding tert-OH is 2. The molecular formula is C12H18O2. The average Bonchev–Trinajstić information content (AvgIpc) is 2.78. The van der Waals surface area contributed by atoms with Crippen molar-refractivity contribution >= 4 is 0 Å². The predicted octanol–water partition coefficient (Wildman–Crippen LogP) is 1.02. The molecule has 4 rings (SSSR count). The fourth-order valence-corrected chi connectivity index (χ4v) is 5.53. The molecule has 4 saturated carbocycles. The van der Waals surface area contributed by atoms with Gasteiger partial charge in [-0.3, -0.25) is 0 Å². The van der Waals surface area contributed by atoms with Gasteiger partial charge in [-0.05, 0) is 61.2 Å². The molecule has 0 amide bonds. The molecule has 2 N–H and O–H groups in total. The van der Waals surface area contributed by atoms with Crippen LogP contribution in [0.4, 0.5) is 0 Å². The van der Waals surface area contributed by atoms with Crippen LogP contribution in [0.1, 0.15) is 25.7 Å². The van der Waals surface area contributed by atoms with E-state index in [1.54, 1.807) is 0 Å². The Morgan fingerprint density at radius 1 is 0.643 bits per heavy atom. The van der Waals surface area contributed by atoms with Gasteiger partial charge >= 0.3 is 0 Å². The van der Waals surface area contributed by atoms with Gasteiger partial charge < -0.3 is 10.2 Å². The zero-order chi connectivity index (χ0) is 9.45. The standard InChI is InChI=1S/C12H18O2/c13-9-3-5-1-7(9)12-6-2-8(11(5)12)10(14)4-6/h5-14H,1-4H2. The van der Waals surface area contributed by atoms with E-state index in [0.29, 0.717) is 11.8 Å². The molecule has 2 nitrogen and oxygen atoms in total. The summed E-state index contributed by atoms with van der Waals surface area (Å²) in [5, 5.41) is 19.8. The minimum absolute atomic E-state index is 0.00209. The summed E-state index contributed by atoms with van der Waals surface area (Å²) in [5.41, 5.74) is 0. The van der Waals surface area contributed by atoms with Crippen LogP contribution in [0.5, 0.6) is 0 Å². The SMILES string of the molecule is OC1CC2CC1C1C3CC(O)C(C3)C21. The van der Waals surface area contributed by atoms with E-state index in [1.165, 1.54) is 12.8 Å². The van der Waals surface area contributed by atoms with Crippen molar-refractivity contribution in [3.63, 3.8) is 0 Å². The van der Waals surface area contributed by atoms with Gasteiger partial charge in [0, 0.05) is 0 Å². The summed E-state index contributed by atoms with van der Waals surface area (Å²) in [7, 11) is 0. The molecule has 0 spiro atoms. The number of aliphatic hydroxyl groups is 2. The molecule has 4 aliphatic carbocycles. The van der Waals surface area contributed by atoms with Crippen molar-refractivity contribution in [1.82, 2.24) is 0 Å². The van der Waals surface area contributed by atoms with E-state index in [2.05, 4.69) is 0 Å². The molecule has 14 heavy (non-hydrogen) atoms. The van der Waals surface area contributed by atoms with Crippen LogP contribution in [0, 0.1) is 35.5 Å². The third-order valence-electron chi connectivity index (χ3n) is 5.75. The fourth-order valence-electron chi connectivity index (χ4n) is 5.53. The molecule has 0 aliphatic heterocycles. The van der Waals surface area contributed by atoms with Gasteiger partial charge in [0.15, 0.2) is 0 Å². The normalized spacial score (nSPS) is 69.0. The highest BCUT2D eigenvalue weighted by atomic mass is 16.3. The van der Waals surface area contributed by atoms with Crippen LogP contribution in [0.25, 0.3) is 0 Å². The van der Waals surface area contributed by atoms with Gasteiger partial charge in [-0.2, -0.15) is 0 Å². The summed E-state index contributed by atoms with van der Waals surface area (Å²) < 4.78 is 0. The van der Waals surface area contributed by atoms with Gasteiger partial charge in [0.1, 0.15) is 0 Å². The van der Waals surface area contributed by atoms with Crippen molar-refractivity contribution in [3.8, 4) is 0 Å². The van der Waals surface area contributed by atoms with E-state index in [9.17, 15) is 10.2 Å². The Kier molecular flexibility index (Phi) is 1.37. The van der Waals surface area contributed by atoms with Crippen molar-refractivity contribution in [2.75, 3.05) is 0 Å². The van der Waals surface area contributed by atoms with Crippen molar-refractivity contribution in [3.05, 3.63) is 0 Å². The molecule has 0 aromatic rings. The van der Waals surface area contributed by atoms with Gasteiger partial charge in [0.25, 0.3) is 0 Å². The minimum Gasteiger partial charge on any atom is -0.393 e. The monoisotopic (exact) mass is 194 g/mol. The Morgan fingerprint density at radius 2 is 1.07 bits per heavy atom. The summed E-state index contributed by atoms with van der Waals surface area (Å²) in [6, 6.07) is 0. The lowest BCUT2D eigenvalue weighted by Gasteiger charge is -2.38. The highest BCUT2D eigenvalue weighted by molar-refractivity contribution is 5.13. The van der Waals surface area contributed by atoms with E-state index >= 15 is 0 Å². The second-order valence-corrected chi connectivity index (χ2v) is 6.08. The fraction of sp³-hybridized carbons (Fsp3) is 1.00. The van der Waals surface area contributed by atoms with Crippen LogP contribution >= 0.6 is 0 Å². The van der Waals surface area contributed by atoms with Gasteiger partial charge in [-0.25, -0.2) is 0 Å². The molecule has 0 aromatic carbocycles. The first kappa shape index (κ1) is 8.12. The lowest BCUT2D eigenvalue weighted by atomic mass is 9.69. The number of hydrogen-bond acceptors (Lipinski definition) is 2. The minimum atomic E-state index is -0.00209. The van der Waals surface area contributed by atoms with Crippen molar-refractivity contribution < 1.29 is 10.2 Å². The first-order chi connectivity index (χ1) is 6.75. The maximum Gasteiger partial charge on any atom is 0.0574 e. The molecule has 4 bridgehead atoms. The Balaban J connectivity index is 1.72. The molecule has 4 fully saturated rings. The highest BCUT2D eigenvalue weighted by Gasteiger charge is 2.64. The van der Waals surface area contributed by atoms with Crippen LogP contribution in [0.2, 0.25) is 0 Å². The Labute approximate surface area is 84.3 Å². The van der Waals surface area contributed by atoms with Gasteiger partial charge in [-0.15, -0.1) is 0 Å². The molecule has 0 aromatic heterocycles. The van der Waals surface area contributed by atoms with Crippen molar-refractivity contribution in [2.24, 2.45) is 35.5 Å². The van der Waals surface area contributed by atoms with E-state index in [-0.39, 0.29) is 12.2 Å². The Hall–Kier alpha value is -0.0800. The number of hydrogen-bond donors (Lipinski definition) is 2. The average molecular weight is 194 g/mol. The van der Waals surface area contributed by atoms with Gasteiger partial charge in [-0.1, -0.05) is 0 Å². The van der Waals surface area contributed by atoms with Crippen LogP contribution in [-0.4, -0.2) is 22.4 Å². The topological polar surface area (TPSA) is 40.5 Å². The summed E-state index contributed by atoms with van der Waals surface area (Å²) in [6.07, 6.45) is 4.58. The highest BCUT2D eigenvalue weighted by Crippen LogP contribution is 2.67. The number of fused-ring (bicyclic) bond motifs is 9. The molecule has 2 heteroatoms. The van der Waals surface area contributed by atoms with Gasteiger partial charge in [0.05, 0.1) is 12.2 Å². The molecular weight excluding hydrogens is 176 g/mol. The lowest BCUT2D eigenvalue weighted by molar-refractivity contribution is -0.0132. The van der Waals surface area contributed by atoms with Gasteiger partial charge in [0.2, 0.25) is 0 Å². The zero-order valence-electron chi connectivity index (χ0n) is 8.34. The van der Waals surface area contributed by atoms with Crippen molar-refractivity contribution in [1.29, 1.82) is 0 Å². The first-order valence-corrected chi connectivity index (χ1v) is 6.12. The van der Waals surface area contributed by atoms with Crippen LogP contribution < -0.4 is 0 Å². The maximum absolute atomic E-state index is 9.90. The van der Waals surface area contributed by atoms with E-state index in [1.807, 2.05) is 0 Å². The summed E-state index contributed by atoms with van der Waals surface area (Å²) in [4.78, 5) is 0. The number of rotatable bonds is 0. The van der Waals surface area contributed by atoms with E-state index in [4.69, 9.17) is 0 Å². The zero-order valence-corrected chi connectivity index (χ0v) is 8.34.